The Morgan fingerprint density at radius 2 is 1.84 bits per heavy atom. The monoisotopic (exact) mass is 378 g/mol. The summed E-state index contributed by atoms with van der Waals surface area (Å²) in [6.45, 7) is 0. The van der Waals surface area contributed by atoms with Gasteiger partial charge in [0.25, 0.3) is 5.91 Å². The molecular formula is C17H15ClN2O4S. The lowest BCUT2D eigenvalue weighted by Gasteiger charge is -2.12. The zero-order valence-electron chi connectivity index (χ0n) is 13.5. The number of carbonyl (C=O) groups is 2. The van der Waals surface area contributed by atoms with E-state index in [-0.39, 0.29) is 5.11 Å². The third kappa shape index (κ3) is 4.68. The molecule has 0 bridgehead atoms. The molecule has 1 amide bonds. The number of halogens is 1. The van der Waals surface area contributed by atoms with Gasteiger partial charge in [0.2, 0.25) is 0 Å². The van der Waals surface area contributed by atoms with Gasteiger partial charge in [-0.1, -0.05) is 23.7 Å². The van der Waals surface area contributed by atoms with Gasteiger partial charge in [0.05, 0.1) is 30.5 Å². The van der Waals surface area contributed by atoms with E-state index in [1.807, 2.05) is 0 Å². The molecule has 25 heavy (non-hydrogen) atoms. The number of anilines is 1. The van der Waals surface area contributed by atoms with E-state index in [0.29, 0.717) is 27.6 Å². The van der Waals surface area contributed by atoms with Crippen molar-refractivity contribution >= 4 is 46.5 Å². The fraction of sp³-hybridized carbons (Fsp3) is 0.118. The van der Waals surface area contributed by atoms with E-state index in [1.54, 1.807) is 36.4 Å². The molecule has 0 heterocycles. The molecule has 0 atom stereocenters. The molecule has 0 aliphatic heterocycles. The van der Waals surface area contributed by atoms with Crippen LogP contribution in [0.2, 0.25) is 5.02 Å². The maximum Gasteiger partial charge on any atom is 0.339 e. The predicted octanol–water partition coefficient (Wildman–Crippen LogP) is 3.26. The number of hydrogen-bond acceptors (Lipinski definition) is 5. The molecule has 130 valence electrons. The maximum absolute atomic E-state index is 12.2. The maximum atomic E-state index is 12.2. The van der Waals surface area contributed by atoms with Crippen molar-refractivity contribution < 1.29 is 19.1 Å². The zero-order valence-corrected chi connectivity index (χ0v) is 15.0. The van der Waals surface area contributed by atoms with Gasteiger partial charge in [-0.25, -0.2) is 4.79 Å². The summed E-state index contributed by atoms with van der Waals surface area (Å²) in [6, 6.07) is 11.3. The molecule has 8 heteroatoms. The summed E-state index contributed by atoms with van der Waals surface area (Å²) in [6.07, 6.45) is 0. The molecule has 0 fully saturated rings. The van der Waals surface area contributed by atoms with Crippen LogP contribution < -0.4 is 15.4 Å². The number of esters is 1. The van der Waals surface area contributed by atoms with Gasteiger partial charge in [-0.05, 0) is 42.5 Å². The molecule has 0 saturated carbocycles. The van der Waals surface area contributed by atoms with E-state index in [4.69, 9.17) is 33.3 Å². The summed E-state index contributed by atoms with van der Waals surface area (Å²) in [4.78, 5) is 24.0. The van der Waals surface area contributed by atoms with Gasteiger partial charge in [-0.15, -0.1) is 0 Å². The van der Waals surface area contributed by atoms with E-state index in [1.165, 1.54) is 20.3 Å². The Morgan fingerprint density at radius 1 is 1.12 bits per heavy atom. The molecular weight excluding hydrogens is 364 g/mol. The highest BCUT2D eigenvalue weighted by atomic mass is 35.5. The first-order valence-corrected chi connectivity index (χ1v) is 7.88. The standard InChI is InChI=1S/C17H15ClN2O4S/c1-23-14-8-7-10(9-12(14)18)15(21)20-17(25)19-13-6-4-3-5-11(13)16(22)24-2/h3-9H,1-2H3,(H2,19,20,21,25). The highest BCUT2D eigenvalue weighted by molar-refractivity contribution is 7.80. The van der Waals surface area contributed by atoms with Gasteiger partial charge >= 0.3 is 5.97 Å². The number of carbonyl (C=O) groups excluding carboxylic acids is 2. The fourth-order valence-corrected chi connectivity index (χ4v) is 2.48. The highest BCUT2D eigenvalue weighted by Gasteiger charge is 2.14. The lowest BCUT2D eigenvalue weighted by atomic mass is 10.2. The smallest absolute Gasteiger partial charge is 0.339 e. The van der Waals surface area contributed by atoms with E-state index in [0.717, 1.165) is 0 Å². The van der Waals surface area contributed by atoms with Crippen molar-refractivity contribution in [2.45, 2.75) is 0 Å². The van der Waals surface area contributed by atoms with Crippen molar-refractivity contribution in [2.75, 3.05) is 19.5 Å². The summed E-state index contributed by atoms with van der Waals surface area (Å²) in [5, 5.41) is 5.67. The van der Waals surface area contributed by atoms with E-state index >= 15 is 0 Å². The molecule has 0 aliphatic rings. The predicted molar refractivity (Wildman–Crippen MR) is 99.5 cm³/mol. The van der Waals surface area contributed by atoms with Crippen molar-refractivity contribution in [3.05, 3.63) is 58.6 Å². The SMILES string of the molecule is COC(=O)c1ccccc1NC(=S)NC(=O)c1ccc(OC)c(Cl)c1. The zero-order chi connectivity index (χ0) is 18.4. The minimum Gasteiger partial charge on any atom is -0.495 e. The van der Waals surface area contributed by atoms with Crippen LogP contribution in [0.3, 0.4) is 0 Å². The highest BCUT2D eigenvalue weighted by Crippen LogP contribution is 2.24. The number of amides is 1. The van der Waals surface area contributed by atoms with E-state index in [9.17, 15) is 9.59 Å². The Kier molecular flexibility index (Phi) is 6.32. The normalized spacial score (nSPS) is 9.88. The van der Waals surface area contributed by atoms with Gasteiger partial charge < -0.3 is 14.8 Å². The van der Waals surface area contributed by atoms with Crippen molar-refractivity contribution in [1.29, 1.82) is 0 Å². The number of methoxy groups -OCH3 is 2. The number of nitrogens with one attached hydrogen (secondary N) is 2. The minimum atomic E-state index is -0.515. The fourth-order valence-electron chi connectivity index (χ4n) is 2.02. The summed E-state index contributed by atoms with van der Waals surface area (Å²) >= 11 is 11.1. The summed E-state index contributed by atoms with van der Waals surface area (Å²) in [5.74, 6) is -0.498. The number of ether oxygens (including phenoxy) is 2. The van der Waals surface area contributed by atoms with Crippen molar-refractivity contribution in [3.63, 3.8) is 0 Å². The average Bonchev–Trinajstić information content (AvgIpc) is 2.61. The summed E-state index contributed by atoms with van der Waals surface area (Å²) in [5.41, 5.74) is 1.04. The second-order valence-corrected chi connectivity index (χ2v) is 5.61. The first-order valence-electron chi connectivity index (χ1n) is 7.09. The van der Waals surface area contributed by atoms with Crippen LogP contribution in [-0.2, 0) is 4.74 Å². The second-order valence-electron chi connectivity index (χ2n) is 4.79. The first kappa shape index (κ1) is 18.7. The molecule has 0 aliphatic carbocycles. The van der Waals surface area contributed by atoms with Gasteiger partial charge in [-0.3, -0.25) is 10.1 Å². The molecule has 2 N–H and O–H groups in total. The first-order chi connectivity index (χ1) is 12.0. The largest absolute Gasteiger partial charge is 0.495 e. The molecule has 2 rings (SSSR count). The Hall–Kier alpha value is -2.64. The Balaban J connectivity index is 2.09. The number of hydrogen-bond donors (Lipinski definition) is 2. The Bertz CT molecular complexity index is 826. The lowest BCUT2D eigenvalue weighted by molar-refractivity contribution is 0.0602. The van der Waals surface area contributed by atoms with Gasteiger partial charge in [0.15, 0.2) is 5.11 Å². The number of rotatable bonds is 4. The Labute approximate surface area is 155 Å². The molecule has 2 aromatic rings. The van der Waals surface area contributed by atoms with Crippen LogP contribution in [0.4, 0.5) is 5.69 Å². The van der Waals surface area contributed by atoms with Crippen LogP contribution in [0.15, 0.2) is 42.5 Å². The molecule has 6 nitrogen and oxygen atoms in total. The van der Waals surface area contributed by atoms with Crippen LogP contribution in [0.25, 0.3) is 0 Å². The van der Waals surface area contributed by atoms with Crippen LogP contribution in [0.5, 0.6) is 5.75 Å². The Morgan fingerprint density at radius 3 is 2.48 bits per heavy atom. The minimum absolute atomic E-state index is 0.0355. The summed E-state index contributed by atoms with van der Waals surface area (Å²) in [7, 11) is 2.77. The lowest BCUT2D eigenvalue weighted by Crippen LogP contribution is -2.34. The van der Waals surface area contributed by atoms with Crippen LogP contribution in [-0.4, -0.2) is 31.2 Å². The van der Waals surface area contributed by atoms with Crippen molar-refractivity contribution in [1.82, 2.24) is 5.32 Å². The van der Waals surface area contributed by atoms with E-state index in [2.05, 4.69) is 10.6 Å². The second kappa shape index (κ2) is 8.46. The topological polar surface area (TPSA) is 76.7 Å². The quantitative estimate of drug-likeness (QED) is 0.628. The van der Waals surface area contributed by atoms with Crippen LogP contribution in [0.1, 0.15) is 20.7 Å². The molecule has 2 aromatic carbocycles. The van der Waals surface area contributed by atoms with Crippen molar-refractivity contribution in [2.24, 2.45) is 0 Å². The number of benzene rings is 2. The van der Waals surface area contributed by atoms with Gasteiger partial charge in [-0.2, -0.15) is 0 Å². The third-order valence-electron chi connectivity index (χ3n) is 3.22. The van der Waals surface area contributed by atoms with Gasteiger partial charge in [0.1, 0.15) is 5.75 Å². The number of para-hydroxylation sites is 1. The average molecular weight is 379 g/mol. The van der Waals surface area contributed by atoms with Crippen LogP contribution in [0, 0.1) is 0 Å². The molecule has 0 unspecified atom stereocenters. The molecule has 0 radical (unpaired) electrons. The van der Waals surface area contributed by atoms with Gasteiger partial charge in [0, 0.05) is 5.56 Å². The summed E-state index contributed by atoms with van der Waals surface area (Å²) < 4.78 is 9.75. The van der Waals surface area contributed by atoms with Crippen LogP contribution >= 0.6 is 23.8 Å². The van der Waals surface area contributed by atoms with E-state index < -0.39 is 11.9 Å². The molecule has 0 aromatic heterocycles. The number of thiocarbonyl (C=S) groups is 1. The van der Waals surface area contributed by atoms with Crippen molar-refractivity contribution in [3.8, 4) is 5.75 Å². The molecule has 0 saturated heterocycles. The molecule has 0 spiro atoms. The third-order valence-corrected chi connectivity index (χ3v) is 3.72.